The molecule has 0 unspecified atom stereocenters. The Balaban J connectivity index is 1.83. The minimum atomic E-state index is -0.470. The van der Waals surface area contributed by atoms with Gasteiger partial charge < -0.3 is 24.3 Å². The summed E-state index contributed by atoms with van der Waals surface area (Å²) in [7, 11) is 5.94. The molecule has 0 aliphatic heterocycles. The first-order chi connectivity index (χ1) is 17.4. The average Bonchev–Trinajstić information content (AvgIpc) is 2.92. The molecule has 0 fully saturated rings. The summed E-state index contributed by atoms with van der Waals surface area (Å²) in [6.07, 6.45) is 0. The van der Waals surface area contributed by atoms with Crippen LogP contribution in [0.15, 0.2) is 60.7 Å². The fraction of sp³-hybridized carbons (Fsp3) is 0.179. The molecular formula is C28H26N2O6. The van der Waals surface area contributed by atoms with E-state index in [1.165, 1.54) is 14.2 Å². The smallest absolute Gasteiger partial charge is 0.338 e. The highest BCUT2D eigenvalue weighted by Gasteiger charge is 2.19. The number of esters is 1. The van der Waals surface area contributed by atoms with Crippen LogP contribution in [0.3, 0.4) is 0 Å². The van der Waals surface area contributed by atoms with E-state index in [1.54, 1.807) is 57.5 Å². The van der Waals surface area contributed by atoms with Crippen LogP contribution in [0.4, 0.5) is 5.69 Å². The number of hydrogen-bond acceptors (Lipinski definition) is 7. The Bertz CT molecular complexity index is 1440. The van der Waals surface area contributed by atoms with Crippen molar-refractivity contribution in [3.05, 3.63) is 77.4 Å². The highest BCUT2D eigenvalue weighted by atomic mass is 16.5. The second-order valence-electron chi connectivity index (χ2n) is 7.91. The molecule has 0 aliphatic rings. The number of aromatic nitrogens is 1. The monoisotopic (exact) mass is 486 g/mol. The first-order valence-corrected chi connectivity index (χ1v) is 11.1. The number of carbonyl (C=O) groups is 2. The zero-order chi connectivity index (χ0) is 25.8. The molecular weight excluding hydrogens is 460 g/mol. The van der Waals surface area contributed by atoms with Crippen LogP contribution < -0.4 is 19.5 Å². The first-order valence-electron chi connectivity index (χ1n) is 11.1. The van der Waals surface area contributed by atoms with E-state index >= 15 is 0 Å². The first kappa shape index (κ1) is 24.5. The summed E-state index contributed by atoms with van der Waals surface area (Å²) >= 11 is 0. The van der Waals surface area contributed by atoms with Crippen LogP contribution >= 0.6 is 0 Å². The number of methoxy groups -OCH3 is 4. The van der Waals surface area contributed by atoms with Crippen molar-refractivity contribution in [3.8, 4) is 28.5 Å². The fourth-order valence-electron chi connectivity index (χ4n) is 4.03. The summed E-state index contributed by atoms with van der Waals surface area (Å²) in [5, 5.41) is 3.62. The maximum absolute atomic E-state index is 13.5. The minimum Gasteiger partial charge on any atom is -0.493 e. The van der Waals surface area contributed by atoms with Gasteiger partial charge in [0, 0.05) is 16.6 Å². The molecule has 0 saturated heterocycles. The topological polar surface area (TPSA) is 96.0 Å². The molecule has 8 heteroatoms. The van der Waals surface area contributed by atoms with Crippen molar-refractivity contribution in [1.29, 1.82) is 0 Å². The van der Waals surface area contributed by atoms with E-state index in [0.29, 0.717) is 61.8 Å². The van der Waals surface area contributed by atoms with Crippen LogP contribution in [0, 0.1) is 6.92 Å². The van der Waals surface area contributed by atoms with Gasteiger partial charge in [-0.3, -0.25) is 4.79 Å². The molecule has 3 aromatic carbocycles. The maximum atomic E-state index is 13.5. The van der Waals surface area contributed by atoms with E-state index in [1.807, 2.05) is 24.3 Å². The summed E-state index contributed by atoms with van der Waals surface area (Å²) in [4.78, 5) is 30.4. The number of hydrogen-bond donors (Lipinski definition) is 1. The van der Waals surface area contributed by atoms with Crippen molar-refractivity contribution >= 4 is 28.5 Å². The number of para-hydroxylation sites is 1. The summed E-state index contributed by atoms with van der Waals surface area (Å²) < 4.78 is 21.3. The van der Waals surface area contributed by atoms with Crippen molar-refractivity contribution in [1.82, 2.24) is 4.98 Å². The minimum absolute atomic E-state index is 0.340. The number of ether oxygens (including phenoxy) is 4. The molecule has 0 atom stereocenters. The number of nitrogens with zero attached hydrogens (tertiary/aromatic N) is 1. The molecule has 4 aromatic rings. The lowest BCUT2D eigenvalue weighted by molar-refractivity contribution is 0.0599. The fourth-order valence-corrected chi connectivity index (χ4v) is 4.03. The van der Waals surface area contributed by atoms with Gasteiger partial charge in [-0.1, -0.05) is 24.3 Å². The Morgan fingerprint density at radius 3 is 2.14 bits per heavy atom. The van der Waals surface area contributed by atoms with Crippen LogP contribution in [0.5, 0.6) is 17.2 Å². The third kappa shape index (κ3) is 4.53. The second kappa shape index (κ2) is 10.4. The molecule has 0 aliphatic carbocycles. The molecule has 1 amide bonds. The number of benzene rings is 3. The van der Waals surface area contributed by atoms with Gasteiger partial charge >= 0.3 is 5.97 Å². The van der Waals surface area contributed by atoms with Crippen molar-refractivity contribution in [2.45, 2.75) is 6.92 Å². The van der Waals surface area contributed by atoms with Crippen molar-refractivity contribution < 1.29 is 28.5 Å². The van der Waals surface area contributed by atoms with Crippen LogP contribution in [0.1, 0.15) is 26.3 Å². The average molecular weight is 487 g/mol. The Kier molecular flexibility index (Phi) is 7.05. The van der Waals surface area contributed by atoms with Crippen LogP contribution in [-0.2, 0) is 4.74 Å². The molecule has 36 heavy (non-hydrogen) atoms. The van der Waals surface area contributed by atoms with Gasteiger partial charge in [-0.2, -0.15) is 0 Å². The SMILES string of the molecule is COC(=O)c1cccc(NC(=O)c2cc(-c3cc(OC)c(OC)c(OC)c3)nc3ccccc23)c1C. The Labute approximate surface area is 208 Å². The second-order valence-corrected chi connectivity index (χ2v) is 7.91. The number of rotatable bonds is 7. The zero-order valence-corrected chi connectivity index (χ0v) is 20.7. The van der Waals surface area contributed by atoms with Gasteiger partial charge in [0.2, 0.25) is 5.75 Å². The number of carbonyl (C=O) groups excluding carboxylic acids is 2. The summed E-state index contributed by atoms with van der Waals surface area (Å²) in [5.74, 6) is 0.602. The number of anilines is 1. The lowest BCUT2D eigenvalue weighted by Crippen LogP contribution is -2.15. The molecule has 1 N–H and O–H groups in total. The van der Waals surface area contributed by atoms with Crippen LogP contribution in [-0.4, -0.2) is 45.3 Å². The van der Waals surface area contributed by atoms with Crippen LogP contribution in [0.25, 0.3) is 22.2 Å². The molecule has 184 valence electrons. The Morgan fingerprint density at radius 2 is 1.50 bits per heavy atom. The predicted molar refractivity (Wildman–Crippen MR) is 137 cm³/mol. The van der Waals surface area contributed by atoms with Gasteiger partial charge in [-0.15, -0.1) is 0 Å². The van der Waals surface area contributed by atoms with Crippen molar-refractivity contribution in [3.63, 3.8) is 0 Å². The van der Waals surface area contributed by atoms with E-state index in [9.17, 15) is 9.59 Å². The quantitative estimate of drug-likeness (QED) is 0.355. The van der Waals surface area contributed by atoms with Gasteiger partial charge in [-0.05, 0) is 48.9 Å². The molecule has 0 radical (unpaired) electrons. The lowest BCUT2D eigenvalue weighted by Gasteiger charge is -2.16. The zero-order valence-electron chi connectivity index (χ0n) is 20.7. The third-order valence-corrected chi connectivity index (χ3v) is 5.91. The molecule has 8 nitrogen and oxygen atoms in total. The largest absolute Gasteiger partial charge is 0.493 e. The predicted octanol–water partition coefficient (Wildman–Crippen LogP) is 5.27. The van der Waals surface area contributed by atoms with Gasteiger partial charge in [0.1, 0.15) is 0 Å². The maximum Gasteiger partial charge on any atom is 0.338 e. The van der Waals surface area contributed by atoms with E-state index < -0.39 is 5.97 Å². The molecule has 0 bridgehead atoms. The van der Waals surface area contributed by atoms with Gasteiger partial charge in [-0.25, -0.2) is 9.78 Å². The molecule has 1 heterocycles. The normalized spacial score (nSPS) is 10.6. The third-order valence-electron chi connectivity index (χ3n) is 5.91. The highest BCUT2D eigenvalue weighted by molar-refractivity contribution is 6.13. The molecule has 0 saturated carbocycles. The Hall–Kier alpha value is -4.59. The number of pyridine rings is 1. The number of fused-ring (bicyclic) bond motifs is 1. The van der Waals surface area contributed by atoms with Gasteiger partial charge in [0.25, 0.3) is 5.91 Å². The van der Waals surface area contributed by atoms with E-state index in [0.717, 1.165) is 0 Å². The van der Waals surface area contributed by atoms with Gasteiger partial charge in [0.05, 0.1) is 50.8 Å². The van der Waals surface area contributed by atoms with Crippen molar-refractivity contribution in [2.75, 3.05) is 33.8 Å². The van der Waals surface area contributed by atoms with E-state index in [4.69, 9.17) is 23.9 Å². The summed E-state index contributed by atoms with van der Waals surface area (Å²) in [6.45, 7) is 1.76. The Morgan fingerprint density at radius 1 is 0.806 bits per heavy atom. The van der Waals surface area contributed by atoms with Crippen LogP contribution in [0.2, 0.25) is 0 Å². The number of nitrogens with one attached hydrogen (secondary N) is 1. The molecule has 4 rings (SSSR count). The summed E-state index contributed by atoms with van der Waals surface area (Å²) in [6, 6.07) is 17.8. The number of amides is 1. The lowest BCUT2D eigenvalue weighted by atomic mass is 10.0. The van der Waals surface area contributed by atoms with Crippen molar-refractivity contribution in [2.24, 2.45) is 0 Å². The van der Waals surface area contributed by atoms with E-state index in [2.05, 4.69) is 5.32 Å². The standard InChI is InChI=1S/C28H26N2O6/c1-16-18(28(32)36-5)10-8-12-21(16)30-27(31)20-15-23(29-22-11-7-6-9-19(20)22)17-13-24(33-2)26(35-4)25(14-17)34-3/h6-15H,1-5H3,(H,30,31). The summed E-state index contributed by atoms with van der Waals surface area (Å²) in [5.41, 5.74) is 3.82. The highest BCUT2D eigenvalue weighted by Crippen LogP contribution is 2.41. The molecule has 1 aromatic heterocycles. The van der Waals surface area contributed by atoms with Gasteiger partial charge in [0.15, 0.2) is 11.5 Å². The molecule has 0 spiro atoms. The van der Waals surface area contributed by atoms with E-state index in [-0.39, 0.29) is 5.91 Å².